The van der Waals surface area contributed by atoms with Gasteiger partial charge in [0.15, 0.2) is 5.82 Å². The lowest BCUT2D eigenvalue weighted by molar-refractivity contribution is 0.0224. The Morgan fingerprint density at radius 1 is 1.26 bits per heavy atom. The van der Waals surface area contributed by atoms with E-state index in [9.17, 15) is 9.59 Å². The first kappa shape index (κ1) is 18.9. The van der Waals surface area contributed by atoms with Gasteiger partial charge in [-0.3, -0.25) is 4.79 Å². The van der Waals surface area contributed by atoms with Crippen LogP contribution < -0.4 is 5.32 Å². The first-order valence-electron chi connectivity index (χ1n) is 9.18. The zero-order valence-corrected chi connectivity index (χ0v) is 16.3. The molecule has 1 N–H and O–H groups in total. The number of aryl methyl sites for hydroxylation is 1. The summed E-state index contributed by atoms with van der Waals surface area (Å²) in [6.45, 7) is 9.46. The molecule has 2 heterocycles. The number of hydrogen-bond donors (Lipinski definition) is 1. The number of aromatic nitrogens is 2. The normalized spacial score (nSPS) is 13.9. The molecule has 27 heavy (non-hydrogen) atoms. The van der Waals surface area contributed by atoms with Gasteiger partial charge in [-0.05, 0) is 57.4 Å². The van der Waals surface area contributed by atoms with Gasteiger partial charge in [-0.2, -0.15) is 0 Å². The number of carbonyl (C=O) groups excluding carboxylic acids is 2. The van der Waals surface area contributed by atoms with Gasteiger partial charge in [0.2, 0.25) is 0 Å². The van der Waals surface area contributed by atoms with Crippen molar-refractivity contribution in [2.75, 3.05) is 11.9 Å². The van der Waals surface area contributed by atoms with Gasteiger partial charge >= 0.3 is 6.09 Å². The van der Waals surface area contributed by atoms with E-state index in [1.165, 1.54) is 0 Å². The maximum absolute atomic E-state index is 12.5. The van der Waals surface area contributed by atoms with Crippen LogP contribution in [-0.2, 0) is 24.2 Å². The van der Waals surface area contributed by atoms with Gasteiger partial charge in [0, 0.05) is 31.4 Å². The van der Waals surface area contributed by atoms with Crippen LogP contribution >= 0.6 is 0 Å². The third-order valence-electron chi connectivity index (χ3n) is 4.37. The number of hydrogen-bond acceptors (Lipinski definition) is 4. The number of ether oxygens (including phenoxy) is 1. The van der Waals surface area contributed by atoms with Crippen LogP contribution in [0.4, 0.5) is 10.6 Å². The van der Waals surface area contributed by atoms with Gasteiger partial charge in [0.25, 0.3) is 5.91 Å². The average molecular weight is 370 g/mol. The van der Waals surface area contributed by atoms with Gasteiger partial charge in [0.1, 0.15) is 5.60 Å². The first-order chi connectivity index (χ1) is 12.7. The summed E-state index contributed by atoms with van der Waals surface area (Å²) in [4.78, 5) is 30.6. The summed E-state index contributed by atoms with van der Waals surface area (Å²) in [5.74, 6) is 0.351. The minimum Gasteiger partial charge on any atom is -0.444 e. The molecule has 7 nitrogen and oxygen atoms in total. The summed E-state index contributed by atoms with van der Waals surface area (Å²) in [5.41, 5.74) is 2.20. The highest BCUT2D eigenvalue weighted by molar-refractivity contribution is 6.03. The molecule has 0 saturated carbocycles. The number of anilines is 1. The third kappa shape index (κ3) is 4.67. The maximum Gasteiger partial charge on any atom is 0.410 e. The van der Waals surface area contributed by atoms with E-state index in [0.29, 0.717) is 30.9 Å². The van der Waals surface area contributed by atoms with Gasteiger partial charge in [-0.15, -0.1) is 0 Å². The van der Waals surface area contributed by atoms with Gasteiger partial charge in [-0.1, -0.05) is 6.07 Å². The molecule has 1 aliphatic rings. The molecule has 144 valence electrons. The average Bonchev–Trinajstić information content (AvgIpc) is 3.07. The molecule has 1 aromatic heterocycles. The molecule has 3 rings (SSSR count). The molecule has 1 aliphatic heterocycles. The van der Waals surface area contributed by atoms with Crippen LogP contribution in [0.2, 0.25) is 0 Å². The van der Waals surface area contributed by atoms with E-state index in [1.54, 1.807) is 23.5 Å². The molecular formula is C20H26N4O3. The summed E-state index contributed by atoms with van der Waals surface area (Å²) in [5, 5.41) is 2.82. The SMILES string of the molecule is CCn1cnc(NC(=O)c2ccc3c(c2)CCN(C(=O)OC(C)(C)C)C3)c1. The van der Waals surface area contributed by atoms with E-state index in [2.05, 4.69) is 10.3 Å². The lowest BCUT2D eigenvalue weighted by atomic mass is 9.97. The molecule has 2 amide bonds. The van der Waals surface area contributed by atoms with Crippen molar-refractivity contribution in [3.63, 3.8) is 0 Å². The third-order valence-corrected chi connectivity index (χ3v) is 4.37. The van der Waals surface area contributed by atoms with Crippen LogP contribution in [0, 0.1) is 0 Å². The lowest BCUT2D eigenvalue weighted by Gasteiger charge is -2.31. The number of benzene rings is 1. The van der Waals surface area contributed by atoms with E-state index < -0.39 is 5.60 Å². The molecule has 0 fully saturated rings. The number of rotatable bonds is 3. The topological polar surface area (TPSA) is 76.5 Å². The Labute approximate surface area is 159 Å². The Hall–Kier alpha value is -2.83. The van der Waals surface area contributed by atoms with Crippen molar-refractivity contribution in [1.29, 1.82) is 0 Å². The minimum absolute atomic E-state index is 0.186. The van der Waals surface area contributed by atoms with Crippen LogP contribution in [0.3, 0.4) is 0 Å². The van der Waals surface area contributed by atoms with E-state index in [1.807, 2.05) is 44.4 Å². The van der Waals surface area contributed by atoms with Crippen molar-refractivity contribution < 1.29 is 14.3 Å². The number of nitrogens with one attached hydrogen (secondary N) is 1. The smallest absolute Gasteiger partial charge is 0.410 e. The summed E-state index contributed by atoms with van der Waals surface area (Å²) >= 11 is 0. The van der Waals surface area contributed by atoms with Crippen molar-refractivity contribution in [1.82, 2.24) is 14.5 Å². The zero-order chi connectivity index (χ0) is 19.6. The van der Waals surface area contributed by atoms with E-state index >= 15 is 0 Å². The van der Waals surface area contributed by atoms with Crippen LogP contribution in [0.15, 0.2) is 30.7 Å². The number of fused-ring (bicyclic) bond motifs is 1. The van der Waals surface area contributed by atoms with Crippen LogP contribution in [0.25, 0.3) is 0 Å². The molecule has 0 radical (unpaired) electrons. The van der Waals surface area contributed by atoms with E-state index in [-0.39, 0.29) is 12.0 Å². The van der Waals surface area contributed by atoms with Crippen LogP contribution in [-0.4, -0.2) is 38.6 Å². The fraction of sp³-hybridized carbons (Fsp3) is 0.450. The molecule has 0 atom stereocenters. The monoisotopic (exact) mass is 370 g/mol. The zero-order valence-electron chi connectivity index (χ0n) is 16.3. The van der Waals surface area contributed by atoms with Crippen molar-refractivity contribution in [2.45, 2.75) is 52.8 Å². The summed E-state index contributed by atoms with van der Waals surface area (Å²) in [7, 11) is 0. The molecule has 0 aliphatic carbocycles. The predicted octanol–water partition coefficient (Wildman–Crippen LogP) is 3.45. The Kier molecular flexibility index (Phi) is 5.21. The van der Waals surface area contributed by atoms with Crippen molar-refractivity contribution >= 4 is 17.8 Å². The largest absolute Gasteiger partial charge is 0.444 e. The molecule has 1 aromatic carbocycles. The van der Waals surface area contributed by atoms with Crippen LogP contribution in [0.1, 0.15) is 49.2 Å². The van der Waals surface area contributed by atoms with Crippen LogP contribution in [0.5, 0.6) is 0 Å². The van der Waals surface area contributed by atoms with Crippen molar-refractivity contribution in [2.24, 2.45) is 0 Å². The lowest BCUT2D eigenvalue weighted by Crippen LogP contribution is -2.39. The Morgan fingerprint density at radius 3 is 2.70 bits per heavy atom. The maximum atomic E-state index is 12.5. The molecule has 0 unspecified atom stereocenters. The number of imidazole rings is 1. The molecule has 0 bridgehead atoms. The fourth-order valence-electron chi connectivity index (χ4n) is 2.96. The second kappa shape index (κ2) is 7.42. The predicted molar refractivity (Wildman–Crippen MR) is 103 cm³/mol. The molecular weight excluding hydrogens is 344 g/mol. The fourth-order valence-corrected chi connectivity index (χ4v) is 2.96. The number of amides is 2. The van der Waals surface area contributed by atoms with Gasteiger partial charge in [-0.25, -0.2) is 9.78 Å². The second-order valence-electron chi connectivity index (χ2n) is 7.68. The first-order valence-corrected chi connectivity index (χ1v) is 9.18. The van der Waals surface area contributed by atoms with E-state index in [0.717, 1.165) is 17.7 Å². The molecule has 0 saturated heterocycles. The number of nitrogens with zero attached hydrogens (tertiary/aromatic N) is 3. The highest BCUT2D eigenvalue weighted by Gasteiger charge is 2.26. The summed E-state index contributed by atoms with van der Waals surface area (Å²) in [6, 6.07) is 5.59. The summed E-state index contributed by atoms with van der Waals surface area (Å²) < 4.78 is 7.34. The van der Waals surface area contributed by atoms with Gasteiger partial charge < -0.3 is 19.5 Å². The molecule has 0 spiro atoms. The molecule has 7 heteroatoms. The van der Waals surface area contributed by atoms with E-state index in [4.69, 9.17) is 4.74 Å². The summed E-state index contributed by atoms with van der Waals surface area (Å²) in [6.07, 6.45) is 3.88. The van der Waals surface area contributed by atoms with Crippen molar-refractivity contribution in [3.8, 4) is 0 Å². The number of carbonyl (C=O) groups is 2. The quantitative estimate of drug-likeness (QED) is 0.898. The van der Waals surface area contributed by atoms with Gasteiger partial charge in [0.05, 0.1) is 6.33 Å². The molecule has 2 aromatic rings. The highest BCUT2D eigenvalue weighted by atomic mass is 16.6. The Balaban J connectivity index is 1.67. The standard InChI is InChI=1S/C20H26N4O3/c1-5-23-12-17(21-13-23)22-18(25)15-6-7-16-11-24(9-8-14(16)10-15)19(26)27-20(2,3)4/h6-7,10,12-13H,5,8-9,11H2,1-4H3,(H,22,25). The van der Waals surface area contributed by atoms with Crippen molar-refractivity contribution in [3.05, 3.63) is 47.4 Å². The highest BCUT2D eigenvalue weighted by Crippen LogP contribution is 2.22. The Morgan fingerprint density at radius 2 is 2.04 bits per heavy atom. The minimum atomic E-state index is -0.510. The Bertz CT molecular complexity index is 851. The second-order valence-corrected chi connectivity index (χ2v) is 7.68.